The van der Waals surface area contributed by atoms with Crippen LogP contribution in [0.25, 0.3) is 0 Å². The zero-order chi connectivity index (χ0) is 22.8. The van der Waals surface area contributed by atoms with Gasteiger partial charge in [-0.25, -0.2) is 9.18 Å². The van der Waals surface area contributed by atoms with Crippen LogP contribution >= 0.6 is 0 Å². The summed E-state index contributed by atoms with van der Waals surface area (Å²) < 4.78 is 18.9. The van der Waals surface area contributed by atoms with Crippen LogP contribution in [0.15, 0.2) is 48.7 Å². The largest absolute Gasteiger partial charge is 0.376 e. The molecule has 1 aromatic carbocycles. The first-order chi connectivity index (χ1) is 16.1. The normalized spacial score (nSPS) is 26.7. The van der Waals surface area contributed by atoms with Gasteiger partial charge in [-0.2, -0.15) is 0 Å². The summed E-state index contributed by atoms with van der Waals surface area (Å²) in [4.78, 5) is 35.0. The summed E-state index contributed by atoms with van der Waals surface area (Å²) in [5, 5.41) is 3.06. The van der Waals surface area contributed by atoms with Gasteiger partial charge in [-0.3, -0.25) is 19.6 Å². The predicted octanol–water partition coefficient (Wildman–Crippen LogP) is 3.06. The average Bonchev–Trinajstić information content (AvgIpc) is 3.44. The number of ether oxygens (including phenoxy) is 1. The number of pyridine rings is 1. The van der Waals surface area contributed by atoms with Gasteiger partial charge in [0.15, 0.2) is 5.54 Å². The summed E-state index contributed by atoms with van der Waals surface area (Å²) in [6, 6.07) is 11.7. The SMILES string of the molecule is O=C1N[C@@](c2ccccn2)(C2CCN(Cc3ccc(F)cc3)CC2)C(=O)N1C[C@H]1CCCO1. The van der Waals surface area contributed by atoms with Crippen LogP contribution in [0.4, 0.5) is 9.18 Å². The molecule has 2 atom stereocenters. The van der Waals surface area contributed by atoms with Crippen molar-refractivity contribution in [3.8, 4) is 0 Å². The van der Waals surface area contributed by atoms with E-state index in [-0.39, 0.29) is 36.3 Å². The Bertz CT molecular complexity index is 988. The molecule has 2 aromatic rings. The monoisotopic (exact) mass is 452 g/mol. The fourth-order valence-corrected chi connectivity index (χ4v) is 5.38. The fourth-order valence-electron chi connectivity index (χ4n) is 5.38. The lowest BCUT2D eigenvalue weighted by atomic mass is 9.75. The van der Waals surface area contributed by atoms with E-state index in [9.17, 15) is 14.0 Å². The summed E-state index contributed by atoms with van der Waals surface area (Å²) in [6.07, 6.45) is 4.87. The van der Waals surface area contributed by atoms with E-state index < -0.39 is 5.54 Å². The van der Waals surface area contributed by atoms with Crippen LogP contribution in [0.5, 0.6) is 0 Å². The maximum atomic E-state index is 13.8. The van der Waals surface area contributed by atoms with Gasteiger partial charge in [-0.15, -0.1) is 0 Å². The second-order valence-corrected chi connectivity index (χ2v) is 9.18. The number of amides is 3. The second kappa shape index (κ2) is 9.19. The van der Waals surface area contributed by atoms with Crippen molar-refractivity contribution in [1.29, 1.82) is 0 Å². The Kier molecular flexibility index (Phi) is 6.12. The highest BCUT2D eigenvalue weighted by Gasteiger charge is 2.58. The third-order valence-corrected chi connectivity index (χ3v) is 7.13. The molecule has 3 aliphatic heterocycles. The molecule has 7 nitrogen and oxygen atoms in total. The van der Waals surface area contributed by atoms with E-state index in [1.54, 1.807) is 18.3 Å². The molecular weight excluding hydrogens is 423 g/mol. The van der Waals surface area contributed by atoms with E-state index in [0.717, 1.165) is 50.9 Å². The lowest BCUT2D eigenvalue weighted by molar-refractivity contribution is -0.135. The number of carbonyl (C=O) groups is 2. The number of carbonyl (C=O) groups excluding carboxylic acids is 2. The highest BCUT2D eigenvalue weighted by atomic mass is 19.1. The van der Waals surface area contributed by atoms with Crippen LogP contribution < -0.4 is 5.32 Å². The number of likely N-dealkylation sites (tertiary alicyclic amines) is 1. The molecule has 0 spiro atoms. The Hall–Kier alpha value is -2.84. The number of hydrogen-bond acceptors (Lipinski definition) is 5. The van der Waals surface area contributed by atoms with Gasteiger partial charge in [0.2, 0.25) is 0 Å². The Balaban J connectivity index is 1.35. The van der Waals surface area contributed by atoms with E-state index >= 15 is 0 Å². The average molecular weight is 453 g/mol. The van der Waals surface area contributed by atoms with Gasteiger partial charge in [-0.1, -0.05) is 18.2 Å². The molecule has 0 saturated carbocycles. The first-order valence-corrected chi connectivity index (χ1v) is 11.7. The van der Waals surface area contributed by atoms with E-state index in [1.165, 1.54) is 17.0 Å². The molecule has 3 fully saturated rings. The molecule has 0 radical (unpaired) electrons. The molecular formula is C25H29FN4O3. The Labute approximate surface area is 192 Å². The number of nitrogens with one attached hydrogen (secondary N) is 1. The predicted molar refractivity (Wildman–Crippen MR) is 120 cm³/mol. The molecule has 1 aromatic heterocycles. The van der Waals surface area contributed by atoms with Gasteiger partial charge in [0, 0.05) is 19.3 Å². The van der Waals surface area contributed by atoms with Crippen molar-refractivity contribution < 1.29 is 18.7 Å². The summed E-state index contributed by atoms with van der Waals surface area (Å²) in [6.45, 7) is 3.25. The van der Waals surface area contributed by atoms with Gasteiger partial charge in [-0.05, 0) is 74.5 Å². The van der Waals surface area contributed by atoms with Gasteiger partial charge in [0.25, 0.3) is 5.91 Å². The van der Waals surface area contributed by atoms with Crippen LogP contribution in [0.3, 0.4) is 0 Å². The van der Waals surface area contributed by atoms with Crippen molar-refractivity contribution in [2.24, 2.45) is 5.92 Å². The number of piperidine rings is 1. The summed E-state index contributed by atoms with van der Waals surface area (Å²) in [7, 11) is 0. The highest BCUT2D eigenvalue weighted by molar-refractivity contribution is 6.07. The summed E-state index contributed by atoms with van der Waals surface area (Å²) >= 11 is 0. The Morgan fingerprint density at radius 1 is 1.09 bits per heavy atom. The standard InChI is InChI=1S/C25H29FN4O3/c26-20-8-6-18(7-9-20)16-29-13-10-19(11-14-29)25(22-5-1-2-12-27-22)23(31)30(24(32)28-25)17-21-4-3-15-33-21/h1-2,5-9,12,19,21H,3-4,10-11,13-17H2,(H,28,32)/t21-,25-/m1/s1. The zero-order valence-electron chi connectivity index (χ0n) is 18.6. The zero-order valence-corrected chi connectivity index (χ0v) is 18.6. The number of nitrogens with zero attached hydrogens (tertiary/aromatic N) is 3. The van der Waals surface area contributed by atoms with Crippen LogP contribution in [-0.4, -0.2) is 59.1 Å². The van der Waals surface area contributed by atoms with Crippen molar-refractivity contribution in [2.45, 2.75) is 43.9 Å². The van der Waals surface area contributed by atoms with Gasteiger partial charge < -0.3 is 10.1 Å². The van der Waals surface area contributed by atoms with E-state index in [4.69, 9.17) is 4.74 Å². The van der Waals surface area contributed by atoms with E-state index in [2.05, 4.69) is 15.2 Å². The first kappa shape index (κ1) is 22.0. The molecule has 3 aliphatic rings. The number of rotatable bonds is 6. The minimum atomic E-state index is -1.15. The lowest BCUT2D eigenvalue weighted by Gasteiger charge is -2.40. The number of halogens is 1. The molecule has 0 aliphatic carbocycles. The quantitative estimate of drug-likeness (QED) is 0.682. The number of hydrogen-bond donors (Lipinski definition) is 1. The highest BCUT2D eigenvalue weighted by Crippen LogP contribution is 2.41. The first-order valence-electron chi connectivity index (χ1n) is 11.7. The Morgan fingerprint density at radius 2 is 1.88 bits per heavy atom. The number of aromatic nitrogens is 1. The molecule has 0 unspecified atom stereocenters. The topological polar surface area (TPSA) is 74.8 Å². The van der Waals surface area contributed by atoms with Crippen molar-refractivity contribution in [3.63, 3.8) is 0 Å². The molecule has 4 heterocycles. The van der Waals surface area contributed by atoms with Crippen molar-refractivity contribution >= 4 is 11.9 Å². The summed E-state index contributed by atoms with van der Waals surface area (Å²) in [5.74, 6) is -0.528. The van der Waals surface area contributed by atoms with Gasteiger partial charge in [0.1, 0.15) is 5.82 Å². The smallest absolute Gasteiger partial charge is 0.325 e. The summed E-state index contributed by atoms with van der Waals surface area (Å²) in [5.41, 5.74) is 0.497. The van der Waals surface area contributed by atoms with Gasteiger partial charge >= 0.3 is 6.03 Å². The third kappa shape index (κ3) is 4.25. The third-order valence-electron chi connectivity index (χ3n) is 7.13. The van der Waals surface area contributed by atoms with Crippen LogP contribution in [0.2, 0.25) is 0 Å². The fraction of sp³-hybridized carbons (Fsp3) is 0.480. The van der Waals surface area contributed by atoms with Gasteiger partial charge in [0.05, 0.1) is 18.3 Å². The van der Waals surface area contributed by atoms with Crippen LogP contribution in [0, 0.1) is 11.7 Å². The van der Waals surface area contributed by atoms with Crippen LogP contribution in [0.1, 0.15) is 36.9 Å². The maximum Gasteiger partial charge on any atom is 0.325 e. The number of benzene rings is 1. The van der Waals surface area contributed by atoms with Crippen molar-refractivity contribution in [3.05, 3.63) is 65.7 Å². The Morgan fingerprint density at radius 3 is 2.55 bits per heavy atom. The van der Waals surface area contributed by atoms with Crippen LogP contribution in [-0.2, 0) is 21.6 Å². The molecule has 3 amide bonds. The van der Waals surface area contributed by atoms with E-state index in [0.29, 0.717) is 12.3 Å². The molecule has 8 heteroatoms. The number of urea groups is 1. The minimum absolute atomic E-state index is 0.0668. The van der Waals surface area contributed by atoms with Crippen molar-refractivity contribution in [1.82, 2.24) is 20.1 Å². The van der Waals surface area contributed by atoms with E-state index in [1.807, 2.05) is 18.2 Å². The molecule has 174 valence electrons. The molecule has 0 bridgehead atoms. The molecule has 1 N–H and O–H groups in total. The number of imide groups is 1. The lowest BCUT2D eigenvalue weighted by Crippen LogP contribution is -2.54. The molecule has 5 rings (SSSR count). The second-order valence-electron chi connectivity index (χ2n) is 9.18. The maximum absolute atomic E-state index is 13.8. The van der Waals surface area contributed by atoms with Crippen molar-refractivity contribution in [2.75, 3.05) is 26.2 Å². The minimum Gasteiger partial charge on any atom is -0.376 e. The molecule has 33 heavy (non-hydrogen) atoms. The molecule has 3 saturated heterocycles.